The quantitative estimate of drug-likeness (QED) is 0.309. The molecule has 0 unspecified atom stereocenters. The molecule has 0 saturated heterocycles. The molecular formula is C25H20ClNO5. The minimum Gasteiger partial charge on any atom is -0.484 e. The zero-order valence-electron chi connectivity index (χ0n) is 17.7. The summed E-state index contributed by atoms with van der Waals surface area (Å²) in [5.41, 5.74) is 3.39. The van der Waals surface area contributed by atoms with E-state index < -0.39 is 5.63 Å². The van der Waals surface area contributed by atoms with Crippen LogP contribution in [0.5, 0.6) is 5.75 Å². The monoisotopic (exact) mass is 449 g/mol. The van der Waals surface area contributed by atoms with Gasteiger partial charge in [0.15, 0.2) is 12.4 Å². The van der Waals surface area contributed by atoms with Crippen LogP contribution in [0.2, 0.25) is 5.02 Å². The van der Waals surface area contributed by atoms with Crippen LogP contribution < -0.4 is 10.4 Å². The summed E-state index contributed by atoms with van der Waals surface area (Å²) in [4.78, 5) is 39.6. The standard InChI is InChI=1S/C25H20ClNO5/c1-13-24(15(3)28)14(2)27-25(13)20(29)12-31-22-11-21-18(9-19(22)26)17(10-23(30)32-21)16-7-5-4-6-8-16/h4-11,27H,12H2,1-3H3. The fourth-order valence-corrected chi connectivity index (χ4v) is 4.12. The maximum atomic E-state index is 12.7. The van der Waals surface area contributed by atoms with Crippen molar-refractivity contribution in [1.29, 1.82) is 0 Å². The van der Waals surface area contributed by atoms with Gasteiger partial charge in [-0.05, 0) is 43.5 Å². The van der Waals surface area contributed by atoms with Gasteiger partial charge in [-0.25, -0.2) is 4.79 Å². The fraction of sp³-hybridized carbons (Fsp3) is 0.160. The maximum absolute atomic E-state index is 12.7. The van der Waals surface area contributed by atoms with Gasteiger partial charge in [-0.15, -0.1) is 0 Å². The Hall–Kier alpha value is -3.64. The molecule has 0 radical (unpaired) electrons. The Bertz CT molecular complexity index is 1420. The summed E-state index contributed by atoms with van der Waals surface area (Å²) in [6, 6.07) is 14.0. The highest BCUT2D eigenvalue weighted by atomic mass is 35.5. The minimum atomic E-state index is -0.505. The van der Waals surface area contributed by atoms with E-state index in [0.29, 0.717) is 39.0 Å². The van der Waals surface area contributed by atoms with Crippen molar-refractivity contribution in [3.05, 3.63) is 86.5 Å². The molecule has 32 heavy (non-hydrogen) atoms. The molecule has 2 aromatic heterocycles. The second-order valence-electron chi connectivity index (χ2n) is 7.52. The van der Waals surface area contributed by atoms with Crippen LogP contribution in [0.4, 0.5) is 0 Å². The van der Waals surface area contributed by atoms with Crippen molar-refractivity contribution in [3.8, 4) is 16.9 Å². The summed E-state index contributed by atoms with van der Waals surface area (Å²) in [5.74, 6) is -0.222. The summed E-state index contributed by atoms with van der Waals surface area (Å²) < 4.78 is 11.0. The van der Waals surface area contributed by atoms with Gasteiger partial charge in [0.25, 0.3) is 0 Å². The molecule has 162 valence electrons. The first-order chi connectivity index (χ1) is 15.3. The third-order valence-electron chi connectivity index (χ3n) is 5.31. The van der Waals surface area contributed by atoms with E-state index in [2.05, 4.69) is 4.98 Å². The second-order valence-corrected chi connectivity index (χ2v) is 7.92. The average molecular weight is 450 g/mol. The van der Waals surface area contributed by atoms with Crippen molar-refractivity contribution in [2.75, 3.05) is 6.61 Å². The van der Waals surface area contributed by atoms with Crippen LogP contribution in [-0.4, -0.2) is 23.2 Å². The number of carbonyl (C=O) groups excluding carboxylic acids is 2. The minimum absolute atomic E-state index is 0.113. The smallest absolute Gasteiger partial charge is 0.336 e. The van der Waals surface area contributed by atoms with Gasteiger partial charge in [-0.3, -0.25) is 9.59 Å². The number of benzene rings is 2. The molecule has 2 heterocycles. The Balaban J connectivity index is 1.66. The van der Waals surface area contributed by atoms with Gasteiger partial charge < -0.3 is 14.1 Å². The van der Waals surface area contributed by atoms with Gasteiger partial charge >= 0.3 is 5.63 Å². The lowest BCUT2D eigenvalue weighted by atomic mass is 10.0. The van der Waals surface area contributed by atoms with Crippen LogP contribution in [0.25, 0.3) is 22.1 Å². The van der Waals surface area contributed by atoms with Gasteiger partial charge in [-0.2, -0.15) is 0 Å². The van der Waals surface area contributed by atoms with E-state index in [4.69, 9.17) is 20.8 Å². The highest BCUT2D eigenvalue weighted by molar-refractivity contribution is 6.33. The fourth-order valence-electron chi connectivity index (χ4n) is 3.90. The van der Waals surface area contributed by atoms with E-state index in [0.717, 1.165) is 5.56 Å². The Morgan fingerprint density at radius 2 is 1.81 bits per heavy atom. The molecule has 0 aliphatic carbocycles. The molecule has 1 N–H and O–H groups in total. The first kappa shape index (κ1) is 21.6. The molecule has 6 nitrogen and oxygen atoms in total. The van der Waals surface area contributed by atoms with Crippen LogP contribution in [0, 0.1) is 13.8 Å². The number of H-pyrrole nitrogens is 1. The maximum Gasteiger partial charge on any atom is 0.336 e. The number of nitrogens with one attached hydrogen (secondary N) is 1. The molecular weight excluding hydrogens is 430 g/mol. The molecule has 0 aliphatic rings. The van der Waals surface area contributed by atoms with Crippen LogP contribution in [0.1, 0.15) is 39.0 Å². The van der Waals surface area contributed by atoms with E-state index in [-0.39, 0.29) is 28.9 Å². The molecule has 0 spiro atoms. The third-order valence-corrected chi connectivity index (χ3v) is 5.60. The molecule has 0 amide bonds. The number of ketones is 2. The lowest BCUT2D eigenvalue weighted by Crippen LogP contribution is -2.13. The Morgan fingerprint density at radius 1 is 1.09 bits per heavy atom. The normalized spacial score (nSPS) is 11.0. The molecule has 0 aliphatic heterocycles. The highest BCUT2D eigenvalue weighted by Crippen LogP contribution is 2.35. The predicted octanol–water partition coefficient (Wildman–Crippen LogP) is 5.52. The lowest BCUT2D eigenvalue weighted by Gasteiger charge is -2.11. The van der Waals surface area contributed by atoms with Crippen molar-refractivity contribution in [2.45, 2.75) is 20.8 Å². The van der Waals surface area contributed by atoms with Gasteiger partial charge in [0.05, 0.1) is 10.7 Å². The van der Waals surface area contributed by atoms with Gasteiger partial charge in [0.2, 0.25) is 5.78 Å². The van der Waals surface area contributed by atoms with E-state index in [1.807, 2.05) is 30.3 Å². The topological polar surface area (TPSA) is 89.4 Å². The summed E-state index contributed by atoms with van der Waals surface area (Å²) >= 11 is 6.43. The van der Waals surface area contributed by atoms with E-state index in [9.17, 15) is 14.4 Å². The number of rotatable bonds is 6. The number of fused-ring (bicyclic) bond motifs is 1. The number of aromatic amines is 1. The Morgan fingerprint density at radius 3 is 2.47 bits per heavy atom. The Labute approximate surface area is 188 Å². The summed E-state index contributed by atoms with van der Waals surface area (Å²) in [5, 5.41) is 0.932. The molecule has 0 atom stereocenters. The average Bonchev–Trinajstić information content (AvgIpc) is 3.06. The third kappa shape index (κ3) is 3.97. The van der Waals surface area contributed by atoms with Crippen molar-refractivity contribution in [2.24, 2.45) is 0 Å². The molecule has 0 saturated carbocycles. The zero-order valence-corrected chi connectivity index (χ0v) is 18.5. The van der Waals surface area contributed by atoms with E-state index in [1.165, 1.54) is 19.1 Å². The number of carbonyl (C=O) groups is 2. The zero-order chi connectivity index (χ0) is 23.0. The highest BCUT2D eigenvalue weighted by Gasteiger charge is 2.21. The molecule has 4 aromatic rings. The van der Waals surface area contributed by atoms with Gasteiger partial charge in [-0.1, -0.05) is 41.9 Å². The van der Waals surface area contributed by atoms with Crippen molar-refractivity contribution in [3.63, 3.8) is 0 Å². The second kappa shape index (κ2) is 8.48. The van der Waals surface area contributed by atoms with Crippen LogP contribution in [0.15, 0.2) is 57.7 Å². The molecule has 0 fully saturated rings. The van der Waals surface area contributed by atoms with Crippen molar-refractivity contribution >= 4 is 34.1 Å². The van der Waals surface area contributed by atoms with Crippen LogP contribution in [0.3, 0.4) is 0 Å². The van der Waals surface area contributed by atoms with E-state index >= 15 is 0 Å². The number of hydrogen-bond acceptors (Lipinski definition) is 5. The first-order valence-corrected chi connectivity index (χ1v) is 10.3. The molecule has 4 rings (SSSR count). The lowest BCUT2D eigenvalue weighted by molar-refractivity contribution is 0.0916. The van der Waals surface area contributed by atoms with Gasteiger partial charge in [0.1, 0.15) is 11.3 Å². The number of halogens is 1. The number of ether oxygens (including phenoxy) is 1. The molecule has 0 bridgehead atoms. The summed E-state index contributed by atoms with van der Waals surface area (Å²) in [6.45, 7) is 4.62. The summed E-state index contributed by atoms with van der Waals surface area (Å²) in [7, 11) is 0. The SMILES string of the molecule is CC(=O)c1c(C)[nH]c(C(=O)COc2cc3oc(=O)cc(-c4ccccc4)c3cc2Cl)c1C. The number of hydrogen-bond donors (Lipinski definition) is 1. The van der Waals surface area contributed by atoms with Crippen molar-refractivity contribution in [1.82, 2.24) is 4.98 Å². The summed E-state index contributed by atoms with van der Waals surface area (Å²) in [6.07, 6.45) is 0. The van der Waals surface area contributed by atoms with Crippen LogP contribution >= 0.6 is 11.6 Å². The number of aryl methyl sites for hydroxylation is 1. The predicted molar refractivity (Wildman–Crippen MR) is 123 cm³/mol. The van der Waals surface area contributed by atoms with E-state index in [1.54, 1.807) is 19.9 Å². The number of Topliss-reactive ketones (excluding diaryl/α,β-unsaturated/α-hetero) is 2. The first-order valence-electron chi connectivity index (χ1n) is 9.95. The number of aromatic nitrogens is 1. The molecule has 2 aromatic carbocycles. The van der Waals surface area contributed by atoms with Gasteiger partial charge in [0, 0.05) is 28.8 Å². The molecule has 7 heteroatoms. The van der Waals surface area contributed by atoms with Crippen LogP contribution in [-0.2, 0) is 0 Å². The largest absolute Gasteiger partial charge is 0.484 e. The Kier molecular flexibility index (Phi) is 5.72. The van der Waals surface area contributed by atoms with Crippen molar-refractivity contribution < 1.29 is 18.7 Å².